The molecule has 3 rings (SSSR count). The Kier molecular flexibility index (Phi) is 3.91. The monoisotopic (exact) mass is 364 g/mol. The Bertz CT molecular complexity index is 668. The Morgan fingerprint density at radius 2 is 1.86 bits per heavy atom. The third kappa shape index (κ3) is 3.06. The van der Waals surface area contributed by atoms with Crippen molar-refractivity contribution < 1.29 is 4.79 Å². The molecule has 21 heavy (non-hydrogen) atoms. The number of hydrazine groups is 1. The summed E-state index contributed by atoms with van der Waals surface area (Å²) < 4.78 is 1.01. The molecule has 3 nitrogen and oxygen atoms in total. The Morgan fingerprint density at radius 3 is 2.48 bits per heavy atom. The Hall–Kier alpha value is -1.52. The molecule has 0 bridgehead atoms. The lowest BCUT2D eigenvalue weighted by atomic mass is 9.95. The van der Waals surface area contributed by atoms with E-state index in [1.807, 2.05) is 36.4 Å². The number of amides is 1. The zero-order valence-corrected chi connectivity index (χ0v) is 13.5. The van der Waals surface area contributed by atoms with Crippen LogP contribution in [0.25, 0.3) is 0 Å². The van der Waals surface area contributed by atoms with E-state index in [-0.39, 0.29) is 5.91 Å². The van der Waals surface area contributed by atoms with Crippen molar-refractivity contribution >= 4 is 39.1 Å². The average Bonchev–Trinajstić information content (AvgIpc) is 3.27. The van der Waals surface area contributed by atoms with Gasteiger partial charge in [0, 0.05) is 9.50 Å². The molecule has 0 radical (unpaired) electrons. The second-order valence-electron chi connectivity index (χ2n) is 5.18. The summed E-state index contributed by atoms with van der Waals surface area (Å²) in [5.74, 6) is -0.00945. The Balaban J connectivity index is 1.69. The minimum atomic E-state index is -0.397. The van der Waals surface area contributed by atoms with Gasteiger partial charge in [0.25, 0.3) is 0 Å². The van der Waals surface area contributed by atoms with Gasteiger partial charge in [0.05, 0.1) is 11.1 Å². The molecule has 1 aliphatic rings. The highest BCUT2D eigenvalue weighted by Gasteiger charge is 2.51. The fourth-order valence-corrected chi connectivity index (χ4v) is 2.81. The summed E-state index contributed by atoms with van der Waals surface area (Å²) >= 11 is 9.33. The quantitative estimate of drug-likeness (QED) is 0.794. The first-order valence-corrected chi connectivity index (χ1v) is 7.85. The van der Waals surface area contributed by atoms with Gasteiger partial charge in [-0.25, -0.2) is 0 Å². The number of hydrogen-bond donors (Lipinski definition) is 2. The van der Waals surface area contributed by atoms with Crippen molar-refractivity contribution in [2.45, 2.75) is 18.3 Å². The van der Waals surface area contributed by atoms with Crippen LogP contribution in [-0.2, 0) is 10.2 Å². The van der Waals surface area contributed by atoms with E-state index >= 15 is 0 Å². The largest absolute Gasteiger partial charge is 0.299 e. The third-order valence-corrected chi connectivity index (χ3v) is 4.49. The highest BCUT2D eigenvalue weighted by atomic mass is 79.9. The fourth-order valence-electron chi connectivity index (χ4n) is 2.36. The van der Waals surface area contributed by atoms with Crippen LogP contribution in [0.1, 0.15) is 18.4 Å². The summed E-state index contributed by atoms with van der Waals surface area (Å²) in [5, 5.41) is 0.628. The maximum atomic E-state index is 12.5. The zero-order chi connectivity index (χ0) is 14.9. The van der Waals surface area contributed by atoms with E-state index in [0.717, 1.165) is 28.6 Å². The van der Waals surface area contributed by atoms with Crippen LogP contribution in [0.4, 0.5) is 5.69 Å². The molecule has 2 aromatic rings. The molecule has 0 saturated heterocycles. The van der Waals surface area contributed by atoms with Crippen LogP contribution in [-0.4, -0.2) is 5.91 Å². The van der Waals surface area contributed by atoms with Gasteiger partial charge in [-0.1, -0.05) is 45.7 Å². The summed E-state index contributed by atoms with van der Waals surface area (Å²) in [7, 11) is 0. The van der Waals surface area contributed by atoms with Crippen molar-refractivity contribution in [2.75, 3.05) is 5.43 Å². The van der Waals surface area contributed by atoms with Gasteiger partial charge in [0.2, 0.25) is 5.91 Å². The van der Waals surface area contributed by atoms with E-state index < -0.39 is 5.41 Å². The van der Waals surface area contributed by atoms with E-state index in [4.69, 9.17) is 11.6 Å². The van der Waals surface area contributed by atoms with E-state index in [0.29, 0.717) is 5.02 Å². The minimum absolute atomic E-state index is 0.00945. The van der Waals surface area contributed by atoms with Crippen molar-refractivity contribution in [3.63, 3.8) is 0 Å². The lowest BCUT2D eigenvalue weighted by molar-refractivity contribution is -0.123. The molecule has 1 fully saturated rings. The molecule has 2 N–H and O–H groups in total. The second kappa shape index (κ2) is 5.70. The fraction of sp³-hybridized carbons (Fsp3) is 0.188. The van der Waals surface area contributed by atoms with Gasteiger partial charge in [-0.15, -0.1) is 0 Å². The highest BCUT2D eigenvalue weighted by molar-refractivity contribution is 9.10. The molecule has 0 atom stereocenters. The van der Waals surface area contributed by atoms with Gasteiger partial charge in [0.1, 0.15) is 0 Å². The maximum absolute atomic E-state index is 12.5. The molecular formula is C16H14BrClN2O. The van der Waals surface area contributed by atoms with Crippen LogP contribution in [0.2, 0.25) is 5.02 Å². The Labute approximate surface area is 136 Å². The van der Waals surface area contributed by atoms with Crippen molar-refractivity contribution in [3.8, 4) is 0 Å². The zero-order valence-electron chi connectivity index (χ0n) is 11.2. The molecule has 0 heterocycles. The SMILES string of the molecule is O=C(NNc1cccc(Cl)c1)C1(c2ccc(Br)cc2)CC1. The Morgan fingerprint density at radius 1 is 1.14 bits per heavy atom. The summed E-state index contributed by atoms with van der Waals surface area (Å²) in [6, 6.07) is 15.2. The molecule has 0 aromatic heterocycles. The van der Waals surface area contributed by atoms with Crippen LogP contribution < -0.4 is 10.9 Å². The molecule has 0 aliphatic heterocycles. The lowest BCUT2D eigenvalue weighted by Gasteiger charge is -2.17. The average molecular weight is 366 g/mol. The number of halogens is 2. The van der Waals surface area contributed by atoms with Gasteiger partial charge >= 0.3 is 0 Å². The maximum Gasteiger partial charge on any atom is 0.248 e. The summed E-state index contributed by atoms with van der Waals surface area (Å²) in [4.78, 5) is 12.5. The third-order valence-electron chi connectivity index (χ3n) is 3.73. The first-order valence-electron chi connectivity index (χ1n) is 6.68. The van der Waals surface area contributed by atoms with Crippen LogP contribution in [0.5, 0.6) is 0 Å². The predicted octanol–water partition coefficient (Wildman–Crippen LogP) is 4.28. The molecule has 2 aromatic carbocycles. The van der Waals surface area contributed by atoms with Crippen molar-refractivity contribution in [1.82, 2.24) is 5.43 Å². The van der Waals surface area contributed by atoms with Gasteiger partial charge in [-0.3, -0.25) is 15.6 Å². The number of anilines is 1. The normalized spacial score (nSPS) is 15.3. The second-order valence-corrected chi connectivity index (χ2v) is 6.53. The smallest absolute Gasteiger partial charge is 0.248 e. The van der Waals surface area contributed by atoms with Crippen LogP contribution >= 0.6 is 27.5 Å². The van der Waals surface area contributed by atoms with Crippen LogP contribution in [0.3, 0.4) is 0 Å². The van der Waals surface area contributed by atoms with Crippen LogP contribution in [0.15, 0.2) is 53.0 Å². The molecule has 0 unspecified atom stereocenters. The lowest BCUT2D eigenvalue weighted by Crippen LogP contribution is -2.38. The predicted molar refractivity (Wildman–Crippen MR) is 88.3 cm³/mol. The number of benzene rings is 2. The van der Waals surface area contributed by atoms with E-state index in [9.17, 15) is 4.79 Å². The first-order chi connectivity index (χ1) is 10.1. The molecule has 1 aliphatic carbocycles. The number of hydrogen-bond acceptors (Lipinski definition) is 2. The topological polar surface area (TPSA) is 41.1 Å². The van der Waals surface area contributed by atoms with Crippen molar-refractivity contribution in [1.29, 1.82) is 0 Å². The number of carbonyl (C=O) groups excluding carboxylic acids is 1. The van der Waals surface area contributed by atoms with E-state index in [2.05, 4.69) is 26.8 Å². The highest BCUT2D eigenvalue weighted by Crippen LogP contribution is 2.48. The molecule has 5 heteroatoms. The van der Waals surface area contributed by atoms with Crippen LogP contribution in [0, 0.1) is 0 Å². The standard InChI is InChI=1S/C16H14BrClN2O/c17-12-6-4-11(5-7-12)16(8-9-16)15(21)20-19-14-3-1-2-13(18)10-14/h1-7,10,19H,8-9H2,(H,20,21). The molecule has 1 amide bonds. The number of nitrogens with one attached hydrogen (secondary N) is 2. The molecule has 1 saturated carbocycles. The minimum Gasteiger partial charge on any atom is -0.299 e. The van der Waals surface area contributed by atoms with Gasteiger partial charge in [0.15, 0.2) is 0 Å². The van der Waals surface area contributed by atoms with E-state index in [1.54, 1.807) is 12.1 Å². The van der Waals surface area contributed by atoms with Gasteiger partial charge in [-0.05, 0) is 48.7 Å². The molecular weight excluding hydrogens is 352 g/mol. The van der Waals surface area contributed by atoms with Gasteiger partial charge < -0.3 is 0 Å². The number of rotatable bonds is 4. The summed E-state index contributed by atoms with van der Waals surface area (Å²) in [6.45, 7) is 0. The van der Waals surface area contributed by atoms with E-state index in [1.165, 1.54) is 0 Å². The number of carbonyl (C=O) groups is 1. The van der Waals surface area contributed by atoms with Crippen molar-refractivity contribution in [2.24, 2.45) is 0 Å². The molecule has 0 spiro atoms. The summed E-state index contributed by atoms with van der Waals surface area (Å²) in [5.41, 5.74) is 7.12. The summed E-state index contributed by atoms with van der Waals surface area (Å²) in [6.07, 6.45) is 1.75. The molecule has 108 valence electrons. The van der Waals surface area contributed by atoms with Crippen molar-refractivity contribution in [3.05, 3.63) is 63.6 Å². The first kappa shape index (κ1) is 14.4. The van der Waals surface area contributed by atoms with Gasteiger partial charge in [-0.2, -0.15) is 0 Å².